The van der Waals surface area contributed by atoms with Crippen LogP contribution in [0.3, 0.4) is 0 Å². The molecule has 0 bridgehead atoms. The highest BCUT2D eigenvalue weighted by Crippen LogP contribution is 2.29. The highest BCUT2D eigenvalue weighted by molar-refractivity contribution is 5.94. The summed E-state index contributed by atoms with van der Waals surface area (Å²) in [5, 5.41) is 12.0. The summed E-state index contributed by atoms with van der Waals surface area (Å²) >= 11 is 0. The maximum atomic E-state index is 13.8. The van der Waals surface area contributed by atoms with Crippen LogP contribution in [0.5, 0.6) is 0 Å². The summed E-state index contributed by atoms with van der Waals surface area (Å²) in [5.74, 6) is -0.418. The minimum atomic E-state index is -1.14. The quantitative estimate of drug-likeness (QED) is 0.739. The van der Waals surface area contributed by atoms with Gasteiger partial charge in [0.25, 0.3) is 0 Å². The van der Waals surface area contributed by atoms with E-state index in [1.165, 1.54) is 18.9 Å². The van der Waals surface area contributed by atoms with E-state index in [2.05, 4.69) is 12.2 Å². The van der Waals surface area contributed by atoms with Crippen molar-refractivity contribution in [3.8, 4) is 0 Å². The van der Waals surface area contributed by atoms with E-state index in [1.807, 2.05) is 0 Å². The average Bonchev–Trinajstić information content (AvgIpc) is 2.37. The van der Waals surface area contributed by atoms with Crippen LogP contribution in [-0.4, -0.2) is 17.6 Å². The van der Waals surface area contributed by atoms with Gasteiger partial charge in [-0.05, 0) is 36.8 Å². The van der Waals surface area contributed by atoms with Crippen LogP contribution in [0.4, 0.5) is 15.8 Å². The van der Waals surface area contributed by atoms with E-state index in [4.69, 9.17) is 10.8 Å². The molecule has 110 valence electrons. The van der Waals surface area contributed by atoms with Gasteiger partial charge in [-0.15, -0.1) is 0 Å². The lowest BCUT2D eigenvalue weighted by Gasteiger charge is -2.27. The van der Waals surface area contributed by atoms with E-state index < -0.39 is 11.8 Å². The number of rotatable bonds is 4. The maximum absolute atomic E-state index is 13.8. The molecule has 2 atom stereocenters. The summed E-state index contributed by atoms with van der Waals surface area (Å²) in [5.41, 5.74) is 5.60. The Morgan fingerprint density at radius 2 is 2.25 bits per heavy atom. The Bertz CT molecular complexity index is 505. The third kappa shape index (κ3) is 3.40. The Morgan fingerprint density at radius 3 is 2.90 bits per heavy atom. The van der Waals surface area contributed by atoms with Crippen molar-refractivity contribution in [2.75, 3.05) is 17.6 Å². The lowest BCUT2D eigenvalue weighted by Crippen LogP contribution is -2.21. The van der Waals surface area contributed by atoms with E-state index >= 15 is 0 Å². The zero-order valence-corrected chi connectivity index (χ0v) is 11.7. The molecule has 4 nitrogen and oxygen atoms in total. The number of nitrogen functional groups attached to an aromatic ring is 1. The lowest BCUT2D eigenvalue weighted by atomic mass is 9.82. The first-order chi connectivity index (χ1) is 9.47. The van der Waals surface area contributed by atoms with Gasteiger partial charge < -0.3 is 16.2 Å². The van der Waals surface area contributed by atoms with Crippen molar-refractivity contribution >= 4 is 17.3 Å². The third-order valence-electron chi connectivity index (χ3n) is 4.00. The molecule has 0 aliphatic heterocycles. The van der Waals surface area contributed by atoms with Gasteiger partial charge in [-0.2, -0.15) is 0 Å². The minimum absolute atomic E-state index is 0.0492. The molecule has 1 aliphatic rings. The van der Waals surface area contributed by atoms with Gasteiger partial charge >= 0.3 is 5.97 Å². The number of nitrogens with two attached hydrogens (primary N) is 1. The minimum Gasteiger partial charge on any atom is -0.478 e. The van der Waals surface area contributed by atoms with Crippen LogP contribution in [-0.2, 0) is 0 Å². The van der Waals surface area contributed by atoms with Gasteiger partial charge in [0, 0.05) is 12.2 Å². The Hall–Kier alpha value is -1.78. The predicted octanol–water partition coefficient (Wildman–Crippen LogP) is 3.34. The number of hydrogen-bond acceptors (Lipinski definition) is 3. The van der Waals surface area contributed by atoms with Crippen LogP contribution >= 0.6 is 0 Å². The first-order valence-corrected chi connectivity index (χ1v) is 7.03. The SMILES string of the molecule is CC1CCCC(CNc2cc(C(=O)O)c(N)cc2F)C1. The summed E-state index contributed by atoms with van der Waals surface area (Å²) in [6, 6.07) is 2.34. The Kier molecular flexibility index (Phi) is 4.47. The van der Waals surface area contributed by atoms with E-state index in [1.54, 1.807) is 0 Å². The van der Waals surface area contributed by atoms with Crippen LogP contribution in [0.25, 0.3) is 0 Å². The summed E-state index contributed by atoms with van der Waals surface area (Å²) < 4.78 is 13.8. The van der Waals surface area contributed by atoms with Crippen LogP contribution in [0, 0.1) is 17.7 Å². The number of halogens is 1. The number of carboxylic acid groups (broad SMARTS) is 1. The lowest BCUT2D eigenvalue weighted by molar-refractivity contribution is 0.0698. The summed E-state index contributed by atoms with van der Waals surface area (Å²) in [6.07, 6.45) is 4.74. The van der Waals surface area contributed by atoms with Crippen molar-refractivity contribution in [3.63, 3.8) is 0 Å². The number of hydrogen-bond donors (Lipinski definition) is 3. The number of benzene rings is 1. The van der Waals surface area contributed by atoms with Gasteiger partial charge in [0.15, 0.2) is 0 Å². The summed E-state index contributed by atoms with van der Waals surface area (Å²) in [4.78, 5) is 11.0. The fourth-order valence-corrected chi connectivity index (χ4v) is 2.91. The molecular formula is C15H21FN2O2. The highest BCUT2D eigenvalue weighted by Gasteiger charge is 2.19. The second-order valence-corrected chi connectivity index (χ2v) is 5.74. The molecule has 2 rings (SSSR count). The van der Waals surface area contributed by atoms with Crippen LogP contribution < -0.4 is 11.1 Å². The first-order valence-electron chi connectivity index (χ1n) is 7.03. The number of aromatic carboxylic acids is 1. The van der Waals surface area contributed by atoms with Gasteiger partial charge in [0.05, 0.1) is 11.3 Å². The Morgan fingerprint density at radius 1 is 1.50 bits per heavy atom. The largest absolute Gasteiger partial charge is 0.478 e. The zero-order valence-electron chi connectivity index (χ0n) is 11.7. The van der Waals surface area contributed by atoms with E-state index in [9.17, 15) is 9.18 Å². The zero-order chi connectivity index (χ0) is 14.7. The topological polar surface area (TPSA) is 75.3 Å². The fourth-order valence-electron chi connectivity index (χ4n) is 2.91. The summed E-state index contributed by atoms with van der Waals surface area (Å²) in [7, 11) is 0. The fraction of sp³-hybridized carbons (Fsp3) is 0.533. The van der Waals surface area contributed by atoms with Crippen molar-refractivity contribution in [2.45, 2.75) is 32.6 Å². The molecular weight excluding hydrogens is 259 g/mol. The monoisotopic (exact) mass is 280 g/mol. The second-order valence-electron chi connectivity index (χ2n) is 5.74. The molecule has 1 fully saturated rings. The van der Waals surface area contributed by atoms with E-state index in [-0.39, 0.29) is 16.9 Å². The van der Waals surface area contributed by atoms with E-state index in [0.717, 1.165) is 18.9 Å². The normalized spacial score (nSPS) is 22.5. The second kappa shape index (κ2) is 6.11. The van der Waals surface area contributed by atoms with Gasteiger partial charge in [-0.25, -0.2) is 9.18 Å². The van der Waals surface area contributed by atoms with Crippen LogP contribution in [0.1, 0.15) is 43.0 Å². The number of anilines is 2. The molecule has 1 saturated carbocycles. The smallest absolute Gasteiger partial charge is 0.337 e. The van der Waals surface area contributed by atoms with Crippen LogP contribution in [0.2, 0.25) is 0 Å². The molecule has 0 radical (unpaired) electrons. The molecule has 20 heavy (non-hydrogen) atoms. The highest BCUT2D eigenvalue weighted by atomic mass is 19.1. The molecule has 2 unspecified atom stereocenters. The molecule has 1 aliphatic carbocycles. The molecule has 1 aromatic carbocycles. The standard InChI is InChI=1S/C15H21FN2O2/c1-9-3-2-4-10(5-9)8-18-14-6-11(15(19)20)13(17)7-12(14)16/h6-7,9-10,18H,2-5,8,17H2,1H3,(H,19,20). The molecule has 0 saturated heterocycles. The number of carbonyl (C=O) groups is 1. The first kappa shape index (κ1) is 14.6. The van der Waals surface area contributed by atoms with Gasteiger partial charge in [0.1, 0.15) is 5.82 Å². The maximum Gasteiger partial charge on any atom is 0.337 e. The van der Waals surface area contributed by atoms with E-state index in [0.29, 0.717) is 18.4 Å². The van der Waals surface area contributed by atoms with Crippen molar-refractivity contribution in [1.29, 1.82) is 0 Å². The molecule has 0 amide bonds. The third-order valence-corrected chi connectivity index (χ3v) is 4.00. The molecule has 1 aromatic rings. The number of carboxylic acids is 1. The van der Waals surface area contributed by atoms with Gasteiger partial charge in [0.2, 0.25) is 0 Å². The molecule has 5 heteroatoms. The Labute approximate surface area is 118 Å². The van der Waals surface area contributed by atoms with Crippen molar-refractivity contribution in [1.82, 2.24) is 0 Å². The van der Waals surface area contributed by atoms with Crippen molar-refractivity contribution < 1.29 is 14.3 Å². The van der Waals surface area contributed by atoms with Gasteiger partial charge in [-0.3, -0.25) is 0 Å². The Balaban J connectivity index is 2.05. The molecule has 0 spiro atoms. The van der Waals surface area contributed by atoms with Crippen molar-refractivity contribution in [2.24, 2.45) is 11.8 Å². The molecule has 0 aromatic heterocycles. The van der Waals surface area contributed by atoms with Crippen LogP contribution in [0.15, 0.2) is 12.1 Å². The number of nitrogens with one attached hydrogen (secondary N) is 1. The average molecular weight is 280 g/mol. The summed E-state index contributed by atoms with van der Waals surface area (Å²) in [6.45, 7) is 2.91. The predicted molar refractivity (Wildman–Crippen MR) is 77.4 cm³/mol. The molecule has 0 heterocycles. The molecule has 4 N–H and O–H groups in total. The van der Waals surface area contributed by atoms with Crippen molar-refractivity contribution in [3.05, 3.63) is 23.5 Å². The van der Waals surface area contributed by atoms with Gasteiger partial charge in [-0.1, -0.05) is 19.8 Å².